The average molecular weight is 412 g/mol. The van der Waals surface area contributed by atoms with E-state index in [0.717, 1.165) is 67.8 Å². The Morgan fingerprint density at radius 1 is 1.03 bits per heavy atom. The number of anilines is 3. The third-order valence-electron chi connectivity index (χ3n) is 4.75. The fourth-order valence-corrected chi connectivity index (χ4v) is 3.83. The van der Waals surface area contributed by atoms with Crippen LogP contribution in [0.3, 0.4) is 0 Å². The summed E-state index contributed by atoms with van der Waals surface area (Å²) in [5.74, 6) is 0.554. The van der Waals surface area contributed by atoms with Gasteiger partial charge in [0.1, 0.15) is 10.7 Å². The Bertz CT molecular complexity index is 897. The van der Waals surface area contributed by atoms with Crippen LogP contribution in [0.25, 0.3) is 10.7 Å². The van der Waals surface area contributed by atoms with Crippen molar-refractivity contribution >= 4 is 28.7 Å². The molecule has 0 bridgehead atoms. The third kappa shape index (κ3) is 5.70. The Morgan fingerprint density at radius 3 is 2.72 bits per heavy atom. The van der Waals surface area contributed by atoms with Crippen molar-refractivity contribution in [3.05, 3.63) is 48.1 Å². The number of hydrogen-bond acceptors (Lipinski definition) is 9. The zero-order valence-corrected chi connectivity index (χ0v) is 17.0. The topological polar surface area (TPSA) is 89.4 Å². The molecule has 2 aromatic heterocycles. The van der Waals surface area contributed by atoms with Gasteiger partial charge >= 0.3 is 0 Å². The summed E-state index contributed by atoms with van der Waals surface area (Å²) in [6.07, 6.45) is 4.57. The number of hydroxylamine groups is 2. The molecule has 4 rings (SSSR count). The van der Waals surface area contributed by atoms with Crippen LogP contribution >= 0.6 is 11.3 Å². The van der Waals surface area contributed by atoms with Crippen molar-refractivity contribution in [3.63, 3.8) is 0 Å². The molecule has 8 nitrogen and oxygen atoms in total. The van der Waals surface area contributed by atoms with Crippen LogP contribution in [0.1, 0.15) is 6.42 Å². The quantitative estimate of drug-likeness (QED) is 0.487. The summed E-state index contributed by atoms with van der Waals surface area (Å²) in [5, 5.41) is 20.4. The first-order chi connectivity index (χ1) is 14.3. The highest BCUT2D eigenvalue weighted by molar-refractivity contribution is 7.13. The number of rotatable bonds is 8. The normalized spacial score (nSPS) is 15.3. The summed E-state index contributed by atoms with van der Waals surface area (Å²) in [4.78, 5) is 15.6. The highest BCUT2D eigenvalue weighted by Gasteiger charge is 2.14. The van der Waals surface area contributed by atoms with Gasteiger partial charge in [-0.3, -0.25) is 0 Å². The van der Waals surface area contributed by atoms with Gasteiger partial charge in [0.2, 0.25) is 5.95 Å². The van der Waals surface area contributed by atoms with Crippen molar-refractivity contribution in [2.24, 2.45) is 0 Å². The Balaban J connectivity index is 1.28. The number of nitrogens with one attached hydrogen (secondary N) is 2. The molecule has 0 saturated carbocycles. The Labute approximate surface area is 174 Å². The first-order valence-corrected chi connectivity index (χ1v) is 10.6. The molecule has 1 aliphatic rings. The van der Waals surface area contributed by atoms with Gasteiger partial charge < -0.3 is 20.7 Å². The first-order valence-electron chi connectivity index (χ1n) is 9.76. The van der Waals surface area contributed by atoms with E-state index >= 15 is 0 Å². The number of aromatic nitrogens is 3. The largest absolute Gasteiger partial charge is 0.385 e. The molecule has 3 N–H and O–H groups in total. The Hall–Kier alpha value is -2.59. The highest BCUT2D eigenvalue weighted by atomic mass is 32.1. The van der Waals surface area contributed by atoms with Gasteiger partial charge in [-0.25, -0.2) is 15.0 Å². The number of hydrogen-bond donors (Lipinski definition) is 3. The van der Waals surface area contributed by atoms with Gasteiger partial charge in [-0.05, 0) is 37.2 Å². The standard InChI is InChI=1S/C20H25N7OS/c28-27-12-10-26(11-13-27)9-2-6-21-16-3-1-4-17(15-16)24-20-23-7-5-18(25-20)19-22-8-14-29-19/h1,3-5,7-8,14-15,21,28H,2,6,9-13H2,(H,23,24,25). The molecule has 0 amide bonds. The molecule has 0 unspecified atom stereocenters. The van der Waals surface area contributed by atoms with E-state index in [1.165, 1.54) is 5.06 Å². The highest BCUT2D eigenvalue weighted by Crippen LogP contribution is 2.22. The molecular weight excluding hydrogens is 386 g/mol. The van der Waals surface area contributed by atoms with Crippen molar-refractivity contribution in [1.82, 2.24) is 24.9 Å². The minimum absolute atomic E-state index is 0.554. The van der Waals surface area contributed by atoms with E-state index < -0.39 is 0 Å². The summed E-state index contributed by atoms with van der Waals surface area (Å²) in [6, 6.07) is 9.99. The fourth-order valence-electron chi connectivity index (χ4n) is 3.22. The molecule has 1 aromatic carbocycles. The van der Waals surface area contributed by atoms with E-state index in [1.54, 1.807) is 23.7 Å². The fraction of sp³-hybridized carbons (Fsp3) is 0.350. The molecule has 0 spiro atoms. The van der Waals surface area contributed by atoms with Crippen LogP contribution in [0.5, 0.6) is 0 Å². The van der Waals surface area contributed by atoms with Gasteiger partial charge in [0.05, 0.1) is 0 Å². The van der Waals surface area contributed by atoms with E-state index in [4.69, 9.17) is 0 Å². The minimum Gasteiger partial charge on any atom is -0.385 e. The summed E-state index contributed by atoms with van der Waals surface area (Å²) >= 11 is 1.56. The average Bonchev–Trinajstić information content (AvgIpc) is 3.28. The van der Waals surface area contributed by atoms with Crippen LogP contribution in [0.4, 0.5) is 17.3 Å². The molecule has 3 heterocycles. The van der Waals surface area contributed by atoms with Gasteiger partial charge in [0.25, 0.3) is 0 Å². The zero-order valence-electron chi connectivity index (χ0n) is 16.2. The third-order valence-corrected chi connectivity index (χ3v) is 5.55. The second-order valence-corrected chi connectivity index (χ2v) is 7.78. The molecule has 1 saturated heterocycles. The molecular formula is C20H25N7OS. The summed E-state index contributed by atoms with van der Waals surface area (Å²) in [6.45, 7) is 5.25. The molecule has 152 valence electrons. The van der Waals surface area contributed by atoms with E-state index in [0.29, 0.717) is 5.95 Å². The van der Waals surface area contributed by atoms with Gasteiger partial charge in [-0.15, -0.1) is 11.3 Å². The van der Waals surface area contributed by atoms with Crippen LogP contribution in [-0.4, -0.2) is 69.4 Å². The lowest BCUT2D eigenvalue weighted by Crippen LogP contribution is -2.45. The van der Waals surface area contributed by atoms with Gasteiger partial charge in [0, 0.05) is 61.9 Å². The minimum atomic E-state index is 0.554. The predicted octanol–water partition coefficient (Wildman–Crippen LogP) is 3.15. The molecule has 1 fully saturated rings. The van der Waals surface area contributed by atoms with Crippen LogP contribution in [0, 0.1) is 0 Å². The second kappa shape index (κ2) is 9.75. The SMILES string of the molecule is ON1CCN(CCCNc2cccc(Nc3nccc(-c4nccs4)n3)c2)CC1. The first kappa shape index (κ1) is 19.7. The van der Waals surface area contributed by atoms with Crippen molar-refractivity contribution in [2.45, 2.75) is 6.42 Å². The molecule has 3 aromatic rings. The van der Waals surface area contributed by atoms with Crippen LogP contribution in [0.2, 0.25) is 0 Å². The Morgan fingerprint density at radius 2 is 1.90 bits per heavy atom. The lowest BCUT2D eigenvalue weighted by atomic mass is 10.2. The van der Waals surface area contributed by atoms with E-state index in [2.05, 4.69) is 42.6 Å². The van der Waals surface area contributed by atoms with E-state index in [-0.39, 0.29) is 0 Å². The maximum atomic E-state index is 9.42. The molecule has 29 heavy (non-hydrogen) atoms. The number of thiazole rings is 1. The van der Waals surface area contributed by atoms with E-state index in [9.17, 15) is 5.21 Å². The van der Waals surface area contributed by atoms with Crippen LogP contribution in [-0.2, 0) is 0 Å². The van der Waals surface area contributed by atoms with E-state index in [1.807, 2.05) is 23.6 Å². The van der Waals surface area contributed by atoms with Crippen LogP contribution < -0.4 is 10.6 Å². The van der Waals surface area contributed by atoms with Gasteiger partial charge in [0.15, 0.2) is 0 Å². The number of piperazine rings is 1. The number of benzene rings is 1. The Kier molecular flexibility index (Phi) is 6.63. The smallest absolute Gasteiger partial charge is 0.227 e. The summed E-state index contributed by atoms with van der Waals surface area (Å²) < 4.78 is 0. The van der Waals surface area contributed by atoms with Gasteiger partial charge in [-0.2, -0.15) is 5.06 Å². The summed E-state index contributed by atoms with van der Waals surface area (Å²) in [5.41, 5.74) is 2.81. The van der Waals surface area contributed by atoms with Crippen molar-refractivity contribution < 1.29 is 5.21 Å². The predicted molar refractivity (Wildman–Crippen MR) is 116 cm³/mol. The van der Waals surface area contributed by atoms with Crippen molar-refractivity contribution in [1.29, 1.82) is 0 Å². The monoisotopic (exact) mass is 411 g/mol. The summed E-state index contributed by atoms with van der Waals surface area (Å²) in [7, 11) is 0. The maximum Gasteiger partial charge on any atom is 0.227 e. The molecule has 0 atom stereocenters. The zero-order chi connectivity index (χ0) is 19.9. The van der Waals surface area contributed by atoms with Crippen LogP contribution in [0.15, 0.2) is 48.1 Å². The molecule has 9 heteroatoms. The van der Waals surface area contributed by atoms with Gasteiger partial charge in [-0.1, -0.05) is 6.07 Å². The second-order valence-electron chi connectivity index (χ2n) is 6.88. The maximum absolute atomic E-state index is 9.42. The lowest BCUT2D eigenvalue weighted by molar-refractivity contribution is -0.117. The van der Waals surface area contributed by atoms with Crippen molar-refractivity contribution in [2.75, 3.05) is 49.9 Å². The molecule has 0 aliphatic carbocycles. The lowest BCUT2D eigenvalue weighted by Gasteiger charge is -2.30. The van der Waals surface area contributed by atoms with Crippen molar-refractivity contribution in [3.8, 4) is 10.7 Å². The molecule has 0 radical (unpaired) electrons. The molecule has 1 aliphatic heterocycles. The number of nitrogens with zero attached hydrogens (tertiary/aromatic N) is 5.